The van der Waals surface area contributed by atoms with Crippen LogP contribution in [0.5, 0.6) is 17.2 Å². The van der Waals surface area contributed by atoms with Crippen molar-refractivity contribution in [3.63, 3.8) is 0 Å². The quantitative estimate of drug-likeness (QED) is 0.314. The third kappa shape index (κ3) is 4.33. The van der Waals surface area contributed by atoms with E-state index in [1.54, 1.807) is 53.4 Å². The van der Waals surface area contributed by atoms with E-state index in [1.165, 1.54) is 33.7 Å². The molecule has 2 aromatic heterocycles. The third-order valence-electron chi connectivity index (χ3n) is 6.88. The van der Waals surface area contributed by atoms with Gasteiger partial charge in [0.15, 0.2) is 22.8 Å². The topological polar surface area (TPSA) is 135 Å². The number of nitrogens with one attached hydrogen (secondary N) is 1. The van der Waals surface area contributed by atoms with E-state index in [4.69, 9.17) is 14.2 Å². The van der Waals surface area contributed by atoms with Crippen LogP contribution in [0.4, 0.5) is 5.82 Å². The first-order valence-corrected chi connectivity index (χ1v) is 12.5. The predicted molar refractivity (Wildman–Crippen MR) is 148 cm³/mol. The highest BCUT2D eigenvalue weighted by Gasteiger charge is 2.36. The number of amides is 1. The van der Waals surface area contributed by atoms with E-state index in [-0.39, 0.29) is 63.6 Å². The molecule has 1 N–H and O–H groups in total. The molecule has 3 aromatic carbocycles. The number of fused-ring (bicyclic) bond motifs is 3. The molecule has 1 aliphatic carbocycles. The van der Waals surface area contributed by atoms with Gasteiger partial charge in [-0.05, 0) is 35.9 Å². The van der Waals surface area contributed by atoms with Crippen LogP contribution in [0.1, 0.15) is 47.8 Å². The molecule has 0 fully saturated rings. The molecule has 0 spiro atoms. The molecule has 6 rings (SSSR count). The predicted octanol–water partition coefficient (Wildman–Crippen LogP) is 3.93. The van der Waals surface area contributed by atoms with Crippen molar-refractivity contribution in [2.45, 2.75) is 6.54 Å². The molecule has 11 heteroatoms. The molecule has 2 heterocycles. The Kier molecular flexibility index (Phi) is 6.38. The molecule has 0 atom stereocenters. The van der Waals surface area contributed by atoms with E-state index >= 15 is 0 Å². The average Bonchev–Trinajstić information content (AvgIpc) is 3.42. The van der Waals surface area contributed by atoms with Gasteiger partial charge in [0.1, 0.15) is 23.6 Å². The van der Waals surface area contributed by atoms with Gasteiger partial charge in [-0.15, -0.1) is 0 Å². The van der Waals surface area contributed by atoms with E-state index in [2.05, 4.69) is 20.3 Å². The van der Waals surface area contributed by atoms with Gasteiger partial charge in [-0.1, -0.05) is 18.2 Å². The van der Waals surface area contributed by atoms with Gasteiger partial charge in [-0.25, -0.2) is 15.0 Å². The fourth-order valence-electron chi connectivity index (χ4n) is 4.94. The first-order valence-electron chi connectivity index (χ1n) is 12.5. The van der Waals surface area contributed by atoms with Crippen LogP contribution in [-0.4, -0.2) is 58.3 Å². The first kappa shape index (κ1) is 25.7. The summed E-state index contributed by atoms with van der Waals surface area (Å²) in [5.41, 5.74) is 2.77. The van der Waals surface area contributed by atoms with Gasteiger partial charge in [-0.3, -0.25) is 14.4 Å². The summed E-state index contributed by atoms with van der Waals surface area (Å²) in [6.45, 7) is 0.249. The first-order chi connectivity index (χ1) is 19.9. The Bertz CT molecular complexity index is 1870. The second-order valence-corrected chi connectivity index (χ2v) is 9.22. The molecule has 0 saturated heterocycles. The number of benzene rings is 3. The number of hydrogen-bond donors (Lipinski definition) is 1. The van der Waals surface area contributed by atoms with Crippen molar-refractivity contribution >= 4 is 34.5 Å². The number of ether oxygens (including phenoxy) is 3. The van der Waals surface area contributed by atoms with Crippen LogP contribution < -0.4 is 19.5 Å². The Labute approximate surface area is 233 Å². The van der Waals surface area contributed by atoms with Crippen molar-refractivity contribution in [1.29, 1.82) is 0 Å². The molecule has 204 valence electrons. The van der Waals surface area contributed by atoms with E-state index < -0.39 is 0 Å². The maximum absolute atomic E-state index is 13.7. The van der Waals surface area contributed by atoms with Crippen LogP contribution in [0, 0.1) is 0 Å². The molecule has 1 amide bonds. The Balaban J connectivity index is 1.37. The average molecular weight is 550 g/mol. The normalized spacial score (nSPS) is 12.1. The number of carbonyl (C=O) groups is 3. The number of nitrogens with zero attached hydrogens (tertiary/aromatic N) is 4. The summed E-state index contributed by atoms with van der Waals surface area (Å²) >= 11 is 0. The Morgan fingerprint density at radius 1 is 0.829 bits per heavy atom. The number of imidazole rings is 1. The molecular weight excluding hydrogens is 526 g/mol. The van der Waals surface area contributed by atoms with Gasteiger partial charge in [0.2, 0.25) is 5.78 Å². The number of methoxy groups -OCH3 is 3. The van der Waals surface area contributed by atoms with Crippen LogP contribution >= 0.6 is 0 Å². The number of rotatable bonds is 7. The monoisotopic (exact) mass is 549 g/mol. The van der Waals surface area contributed by atoms with E-state index in [1.807, 2.05) is 6.07 Å². The number of anilines is 1. The van der Waals surface area contributed by atoms with Gasteiger partial charge in [-0.2, -0.15) is 0 Å². The van der Waals surface area contributed by atoms with Crippen molar-refractivity contribution in [2.24, 2.45) is 0 Å². The van der Waals surface area contributed by atoms with Gasteiger partial charge in [0.05, 0.1) is 45.3 Å². The molecule has 1 aliphatic rings. The fraction of sp³-hybridized carbons (Fsp3) is 0.133. The summed E-state index contributed by atoms with van der Waals surface area (Å²) in [5.74, 6) is 0.117. The fourth-order valence-corrected chi connectivity index (χ4v) is 4.94. The zero-order valence-electron chi connectivity index (χ0n) is 22.3. The zero-order chi connectivity index (χ0) is 28.7. The Morgan fingerprint density at radius 3 is 2.24 bits per heavy atom. The Hall–Kier alpha value is -5.58. The molecule has 0 unspecified atom stereocenters. The summed E-state index contributed by atoms with van der Waals surface area (Å²) in [6, 6.07) is 15.2. The summed E-state index contributed by atoms with van der Waals surface area (Å²) in [5, 5.41) is 2.79. The molecule has 0 aliphatic heterocycles. The minimum atomic E-state index is -0.378. The van der Waals surface area contributed by atoms with Crippen LogP contribution in [0.15, 0.2) is 67.3 Å². The molecule has 0 radical (unpaired) electrons. The van der Waals surface area contributed by atoms with Gasteiger partial charge >= 0.3 is 0 Å². The number of ketones is 2. The zero-order valence-corrected chi connectivity index (χ0v) is 22.3. The SMILES string of the molecule is COc1cc(OC)c2c(c1)C(=O)c1cc(Cn3cnc4c(NC(=O)c5ccccc5)ncnc43)cc(OC)c1C2=O. The van der Waals surface area contributed by atoms with Crippen LogP contribution in [0.2, 0.25) is 0 Å². The van der Waals surface area contributed by atoms with Crippen molar-refractivity contribution < 1.29 is 28.6 Å². The van der Waals surface area contributed by atoms with E-state index in [9.17, 15) is 14.4 Å². The number of aromatic nitrogens is 4. The summed E-state index contributed by atoms with van der Waals surface area (Å²) in [7, 11) is 4.35. The van der Waals surface area contributed by atoms with Crippen LogP contribution in [0.25, 0.3) is 11.2 Å². The summed E-state index contributed by atoms with van der Waals surface area (Å²) < 4.78 is 18.1. The third-order valence-corrected chi connectivity index (χ3v) is 6.88. The molecule has 5 aromatic rings. The van der Waals surface area contributed by atoms with Crippen molar-refractivity contribution in [3.8, 4) is 17.2 Å². The van der Waals surface area contributed by atoms with Crippen LogP contribution in [-0.2, 0) is 6.54 Å². The highest BCUT2D eigenvalue weighted by molar-refractivity contribution is 6.30. The maximum Gasteiger partial charge on any atom is 0.256 e. The Morgan fingerprint density at radius 2 is 1.54 bits per heavy atom. The minimum absolute atomic E-state index is 0.166. The van der Waals surface area contributed by atoms with Gasteiger partial charge < -0.3 is 24.1 Å². The van der Waals surface area contributed by atoms with Crippen molar-refractivity contribution in [1.82, 2.24) is 19.5 Å². The van der Waals surface area contributed by atoms with Crippen LogP contribution in [0.3, 0.4) is 0 Å². The molecule has 41 heavy (non-hydrogen) atoms. The molecule has 0 saturated carbocycles. The molecular formula is C30H23N5O6. The van der Waals surface area contributed by atoms with E-state index in [0.717, 1.165) is 0 Å². The largest absolute Gasteiger partial charge is 0.497 e. The lowest BCUT2D eigenvalue weighted by atomic mass is 9.82. The van der Waals surface area contributed by atoms with Crippen molar-refractivity contribution in [2.75, 3.05) is 26.6 Å². The highest BCUT2D eigenvalue weighted by Crippen LogP contribution is 2.40. The second kappa shape index (κ2) is 10.2. The molecule has 0 bridgehead atoms. The van der Waals surface area contributed by atoms with E-state index in [0.29, 0.717) is 28.0 Å². The standard InChI is InChI=1S/C30H23N5O6/c1-39-18-11-20-24(22(12-18)41-3)27(37)23-19(26(20)36)9-16(10-21(23)40-2)13-35-15-33-25-28(31-14-32-29(25)35)34-30(38)17-7-5-4-6-8-17/h4-12,14-15H,13H2,1-3H3,(H,31,32,34,38). The van der Waals surface area contributed by atoms with Crippen molar-refractivity contribution in [3.05, 3.63) is 101 Å². The summed E-state index contributed by atoms with van der Waals surface area (Å²) in [4.78, 5) is 53.0. The lowest BCUT2D eigenvalue weighted by Gasteiger charge is -2.23. The lowest BCUT2D eigenvalue weighted by molar-refractivity contribution is 0.0973. The minimum Gasteiger partial charge on any atom is -0.497 e. The number of hydrogen-bond acceptors (Lipinski definition) is 9. The highest BCUT2D eigenvalue weighted by atomic mass is 16.5. The van der Waals surface area contributed by atoms with Gasteiger partial charge in [0, 0.05) is 22.8 Å². The molecule has 11 nitrogen and oxygen atoms in total. The van der Waals surface area contributed by atoms with Gasteiger partial charge in [0.25, 0.3) is 5.91 Å². The number of carbonyl (C=O) groups excluding carboxylic acids is 3. The lowest BCUT2D eigenvalue weighted by Crippen LogP contribution is -2.23. The maximum atomic E-state index is 13.7. The smallest absolute Gasteiger partial charge is 0.256 e. The second-order valence-electron chi connectivity index (χ2n) is 9.22. The summed E-state index contributed by atoms with van der Waals surface area (Å²) in [6.07, 6.45) is 2.91.